The molecule has 7 heteroatoms. The van der Waals surface area contributed by atoms with Gasteiger partial charge in [0.2, 0.25) is 0 Å². The Balaban J connectivity index is 2.98. The predicted octanol–water partition coefficient (Wildman–Crippen LogP) is -3.47. The molecule has 6 N–H and O–H groups in total. The van der Waals surface area contributed by atoms with Gasteiger partial charge in [0.05, 0.1) is 12.7 Å². The molecule has 0 aromatic heterocycles. The van der Waals surface area contributed by atoms with Crippen LogP contribution in [0.25, 0.3) is 0 Å². The van der Waals surface area contributed by atoms with Crippen LogP contribution in [0.2, 0.25) is 0 Å². The van der Waals surface area contributed by atoms with Crippen molar-refractivity contribution in [2.45, 2.75) is 43.2 Å². The number of hydrogen-bond donors (Lipinski definition) is 6. The Morgan fingerprint density at radius 2 is 1.73 bits per heavy atom. The summed E-state index contributed by atoms with van der Waals surface area (Å²) < 4.78 is 4.78. The van der Waals surface area contributed by atoms with Crippen molar-refractivity contribution in [3.63, 3.8) is 0 Å². The van der Waals surface area contributed by atoms with Crippen molar-refractivity contribution in [3.8, 4) is 0 Å². The van der Waals surface area contributed by atoms with Crippen molar-refractivity contribution < 1.29 is 35.4 Å². The third kappa shape index (κ3) is 1.87. The van der Waals surface area contributed by atoms with Gasteiger partial charge in [0.25, 0.3) is 0 Å². The second kappa shape index (κ2) is 4.30. The van der Waals surface area contributed by atoms with Crippen LogP contribution in [0.4, 0.5) is 0 Å². The monoisotopic (exact) mass is 224 g/mol. The highest BCUT2D eigenvalue weighted by Gasteiger charge is 2.55. The van der Waals surface area contributed by atoms with Gasteiger partial charge in [-0.05, 0) is 6.92 Å². The lowest BCUT2D eigenvalue weighted by Gasteiger charge is -2.47. The van der Waals surface area contributed by atoms with Crippen LogP contribution < -0.4 is 0 Å². The van der Waals surface area contributed by atoms with E-state index in [1.807, 2.05) is 0 Å². The zero-order valence-corrected chi connectivity index (χ0v) is 8.19. The Kier molecular flexibility index (Phi) is 3.67. The van der Waals surface area contributed by atoms with Crippen LogP contribution in [0, 0.1) is 0 Å². The van der Waals surface area contributed by atoms with E-state index >= 15 is 0 Å². The van der Waals surface area contributed by atoms with Gasteiger partial charge in [-0.3, -0.25) is 0 Å². The fourth-order valence-corrected chi connectivity index (χ4v) is 1.62. The van der Waals surface area contributed by atoms with Gasteiger partial charge in [0, 0.05) is 0 Å². The van der Waals surface area contributed by atoms with Crippen LogP contribution in [0.3, 0.4) is 0 Å². The highest BCUT2D eigenvalue weighted by atomic mass is 16.7. The molecule has 0 radical (unpaired) electrons. The zero-order chi connectivity index (χ0) is 11.8. The maximum absolute atomic E-state index is 9.58. The molecule has 7 nitrogen and oxygen atoms in total. The van der Waals surface area contributed by atoms with Crippen LogP contribution in [-0.2, 0) is 4.74 Å². The molecule has 0 aliphatic carbocycles. The minimum atomic E-state index is -1.89. The van der Waals surface area contributed by atoms with Gasteiger partial charge in [-0.1, -0.05) is 0 Å². The molecule has 1 saturated heterocycles. The maximum atomic E-state index is 9.58. The van der Waals surface area contributed by atoms with E-state index in [0.29, 0.717) is 0 Å². The lowest BCUT2D eigenvalue weighted by Crippen LogP contribution is -2.69. The molecule has 0 aromatic rings. The number of aliphatic hydroxyl groups excluding tert-OH is 6. The molecule has 0 saturated carbocycles. The highest BCUT2D eigenvalue weighted by molar-refractivity contribution is 5.02. The summed E-state index contributed by atoms with van der Waals surface area (Å²) in [6.45, 7) is 0.434. The first-order valence-corrected chi connectivity index (χ1v) is 4.56. The van der Waals surface area contributed by atoms with E-state index in [4.69, 9.17) is 9.84 Å². The third-order valence-corrected chi connectivity index (χ3v) is 2.76. The average Bonchev–Trinajstić information content (AvgIpc) is 2.20. The summed E-state index contributed by atoms with van der Waals surface area (Å²) in [5, 5.41) is 55.8. The summed E-state index contributed by atoms with van der Waals surface area (Å²) >= 11 is 0. The van der Waals surface area contributed by atoms with Gasteiger partial charge in [0.1, 0.15) is 23.9 Å². The van der Waals surface area contributed by atoms with Gasteiger partial charge in [-0.15, -0.1) is 0 Å². The number of rotatable bonds is 2. The van der Waals surface area contributed by atoms with Crippen molar-refractivity contribution in [2.75, 3.05) is 6.61 Å². The van der Waals surface area contributed by atoms with E-state index in [9.17, 15) is 25.5 Å². The van der Waals surface area contributed by atoms with Gasteiger partial charge in [-0.25, -0.2) is 0 Å². The van der Waals surface area contributed by atoms with Crippen LogP contribution >= 0.6 is 0 Å². The van der Waals surface area contributed by atoms with E-state index in [0.717, 1.165) is 0 Å². The SMILES string of the molecule is CC(O)[C@]1(CO)OC(O)[C@H](O)[C@@H](O)[C@@H]1O. The van der Waals surface area contributed by atoms with E-state index < -0.39 is 42.9 Å². The first kappa shape index (κ1) is 12.8. The second-order valence-corrected chi connectivity index (χ2v) is 3.72. The number of aliphatic hydroxyl groups is 6. The number of hydrogen-bond acceptors (Lipinski definition) is 7. The molecule has 0 bridgehead atoms. The zero-order valence-electron chi connectivity index (χ0n) is 8.19. The van der Waals surface area contributed by atoms with Crippen LogP contribution in [0.5, 0.6) is 0 Å². The summed E-state index contributed by atoms with van der Waals surface area (Å²) in [6, 6.07) is 0. The largest absolute Gasteiger partial charge is 0.393 e. The van der Waals surface area contributed by atoms with E-state index in [1.165, 1.54) is 6.92 Å². The lowest BCUT2D eigenvalue weighted by molar-refractivity contribution is -0.344. The smallest absolute Gasteiger partial charge is 0.184 e. The van der Waals surface area contributed by atoms with Crippen molar-refractivity contribution >= 4 is 0 Å². The molecular formula is C8H16O7. The standard InChI is InChI=1S/C8H16O7/c1-3(10)8(2-9)6(13)4(11)5(12)7(14)15-8/h3-7,9-14H,2H2,1H3/t3?,4-,5-,6+,7?,8+/m1/s1. The van der Waals surface area contributed by atoms with Gasteiger partial charge < -0.3 is 35.4 Å². The van der Waals surface area contributed by atoms with Crippen LogP contribution in [0.1, 0.15) is 6.92 Å². The minimum Gasteiger partial charge on any atom is -0.393 e. The molecule has 0 aromatic carbocycles. The van der Waals surface area contributed by atoms with Gasteiger partial charge in [-0.2, -0.15) is 0 Å². The third-order valence-electron chi connectivity index (χ3n) is 2.76. The summed E-state index contributed by atoms with van der Waals surface area (Å²) in [5.74, 6) is 0. The fourth-order valence-electron chi connectivity index (χ4n) is 1.62. The fraction of sp³-hybridized carbons (Fsp3) is 1.00. The number of ether oxygens (including phenoxy) is 1. The van der Waals surface area contributed by atoms with E-state index in [1.54, 1.807) is 0 Å². The Labute approximate surface area is 86.2 Å². The van der Waals surface area contributed by atoms with Crippen molar-refractivity contribution in [3.05, 3.63) is 0 Å². The average molecular weight is 224 g/mol. The van der Waals surface area contributed by atoms with E-state index in [2.05, 4.69) is 0 Å². The first-order chi connectivity index (χ1) is 6.86. The molecule has 1 aliphatic heterocycles. The molecule has 1 rings (SSSR count). The molecule has 0 spiro atoms. The Bertz CT molecular complexity index is 221. The maximum Gasteiger partial charge on any atom is 0.184 e. The molecule has 1 aliphatic rings. The quantitative estimate of drug-likeness (QED) is 0.287. The summed E-state index contributed by atoms with van der Waals surface area (Å²) in [6.07, 6.45) is -8.17. The molecule has 2 unspecified atom stereocenters. The van der Waals surface area contributed by atoms with Gasteiger partial charge >= 0.3 is 0 Å². The van der Waals surface area contributed by atoms with Crippen LogP contribution in [0.15, 0.2) is 0 Å². The second-order valence-electron chi connectivity index (χ2n) is 3.72. The Morgan fingerprint density at radius 1 is 1.20 bits per heavy atom. The molecule has 1 heterocycles. The minimum absolute atomic E-state index is 0.799. The molecule has 6 atom stereocenters. The van der Waals surface area contributed by atoms with Gasteiger partial charge in [0.15, 0.2) is 6.29 Å². The molecular weight excluding hydrogens is 208 g/mol. The Hall–Kier alpha value is -0.280. The predicted molar refractivity (Wildman–Crippen MR) is 46.6 cm³/mol. The van der Waals surface area contributed by atoms with E-state index in [-0.39, 0.29) is 0 Å². The highest BCUT2D eigenvalue weighted by Crippen LogP contribution is 2.31. The molecule has 0 amide bonds. The Morgan fingerprint density at radius 3 is 2.13 bits per heavy atom. The molecule has 90 valence electrons. The topological polar surface area (TPSA) is 131 Å². The molecule has 15 heavy (non-hydrogen) atoms. The lowest BCUT2D eigenvalue weighted by atomic mass is 9.83. The summed E-state index contributed by atoms with van der Waals surface area (Å²) in [5.41, 5.74) is -1.89. The van der Waals surface area contributed by atoms with Crippen molar-refractivity contribution in [1.82, 2.24) is 0 Å². The van der Waals surface area contributed by atoms with Crippen LogP contribution in [-0.4, -0.2) is 73.6 Å². The van der Waals surface area contributed by atoms with Crippen molar-refractivity contribution in [1.29, 1.82) is 0 Å². The summed E-state index contributed by atoms with van der Waals surface area (Å²) in [4.78, 5) is 0. The normalized spacial score (nSPS) is 49.0. The first-order valence-electron chi connectivity index (χ1n) is 4.56. The summed E-state index contributed by atoms with van der Waals surface area (Å²) in [7, 11) is 0. The van der Waals surface area contributed by atoms with Crippen molar-refractivity contribution in [2.24, 2.45) is 0 Å². The molecule has 1 fully saturated rings.